The Morgan fingerprint density at radius 2 is 1.65 bits per heavy atom. The highest BCUT2D eigenvalue weighted by molar-refractivity contribution is 7.98. The van der Waals surface area contributed by atoms with Crippen LogP contribution in [0, 0.1) is 0 Å². The summed E-state index contributed by atoms with van der Waals surface area (Å²) in [5, 5.41) is 2.14. The molecule has 3 nitrogen and oxygen atoms in total. The summed E-state index contributed by atoms with van der Waals surface area (Å²) in [5.41, 5.74) is 9.03. The largest absolute Gasteiger partial charge is 0.326 e. The molecule has 0 atom stereocenters. The average molecular weight is 281 g/mol. The summed E-state index contributed by atoms with van der Waals surface area (Å²) in [5.74, 6) is 0.895. The van der Waals surface area contributed by atoms with E-state index in [-0.39, 0.29) is 0 Å². The summed E-state index contributed by atoms with van der Waals surface area (Å²) < 4.78 is 0. The van der Waals surface area contributed by atoms with Crippen molar-refractivity contribution in [2.45, 2.75) is 17.3 Å². The molecule has 0 bridgehead atoms. The molecule has 100 valence electrons. The topological polar surface area (TPSA) is 51.8 Å². The first kappa shape index (κ1) is 13.1. The summed E-state index contributed by atoms with van der Waals surface area (Å²) in [7, 11) is 0. The van der Waals surface area contributed by atoms with Crippen molar-refractivity contribution in [3.63, 3.8) is 0 Å². The fraction of sp³-hybridized carbons (Fsp3) is 0.125. The van der Waals surface area contributed by atoms with E-state index in [2.05, 4.69) is 40.3 Å². The highest BCUT2D eigenvalue weighted by Gasteiger charge is 2.04. The van der Waals surface area contributed by atoms with Gasteiger partial charge in [0.05, 0.1) is 5.52 Å². The Labute approximate surface area is 122 Å². The van der Waals surface area contributed by atoms with Gasteiger partial charge in [0.25, 0.3) is 0 Å². The highest BCUT2D eigenvalue weighted by atomic mass is 32.2. The highest BCUT2D eigenvalue weighted by Crippen LogP contribution is 2.27. The second-order valence-electron chi connectivity index (χ2n) is 4.51. The maximum absolute atomic E-state index is 5.60. The van der Waals surface area contributed by atoms with Crippen LogP contribution in [0.1, 0.15) is 11.1 Å². The Morgan fingerprint density at radius 3 is 2.45 bits per heavy atom. The summed E-state index contributed by atoms with van der Waals surface area (Å²) >= 11 is 1.73. The molecular weight excluding hydrogens is 266 g/mol. The van der Waals surface area contributed by atoms with Crippen LogP contribution in [0.3, 0.4) is 0 Å². The van der Waals surface area contributed by atoms with Crippen molar-refractivity contribution in [2.24, 2.45) is 5.73 Å². The second kappa shape index (κ2) is 6.03. The van der Waals surface area contributed by atoms with E-state index in [1.165, 1.54) is 5.56 Å². The van der Waals surface area contributed by atoms with Crippen molar-refractivity contribution < 1.29 is 0 Å². The fourth-order valence-corrected chi connectivity index (χ4v) is 2.96. The third-order valence-electron chi connectivity index (χ3n) is 3.14. The predicted molar refractivity (Wildman–Crippen MR) is 83.4 cm³/mol. The number of rotatable bonds is 4. The molecule has 0 saturated heterocycles. The number of aromatic nitrogens is 2. The number of benzene rings is 2. The number of fused-ring (bicyclic) bond motifs is 1. The lowest BCUT2D eigenvalue weighted by Crippen LogP contribution is -1.95. The summed E-state index contributed by atoms with van der Waals surface area (Å²) in [6, 6.07) is 16.5. The monoisotopic (exact) mass is 281 g/mol. The van der Waals surface area contributed by atoms with Gasteiger partial charge in [0, 0.05) is 17.7 Å². The predicted octanol–water partition coefficient (Wildman–Crippen LogP) is 3.38. The van der Waals surface area contributed by atoms with Crippen molar-refractivity contribution in [1.29, 1.82) is 0 Å². The van der Waals surface area contributed by atoms with Crippen LogP contribution in [0.2, 0.25) is 0 Å². The molecule has 4 heteroatoms. The first-order chi connectivity index (χ1) is 9.86. The van der Waals surface area contributed by atoms with Crippen LogP contribution in [0.5, 0.6) is 0 Å². The van der Waals surface area contributed by atoms with E-state index in [0.29, 0.717) is 6.54 Å². The third kappa shape index (κ3) is 2.81. The third-order valence-corrected chi connectivity index (χ3v) is 4.22. The van der Waals surface area contributed by atoms with Gasteiger partial charge in [-0.1, -0.05) is 42.5 Å². The van der Waals surface area contributed by atoms with Gasteiger partial charge in [0.1, 0.15) is 11.4 Å². The van der Waals surface area contributed by atoms with Crippen molar-refractivity contribution in [2.75, 3.05) is 0 Å². The summed E-state index contributed by atoms with van der Waals surface area (Å²) in [4.78, 5) is 8.67. The maximum Gasteiger partial charge on any atom is 0.117 e. The number of para-hydroxylation sites is 1. The molecule has 3 aromatic rings. The number of hydrogen-bond donors (Lipinski definition) is 1. The van der Waals surface area contributed by atoms with Crippen molar-refractivity contribution >= 4 is 22.7 Å². The second-order valence-corrected chi connectivity index (χ2v) is 5.47. The Morgan fingerprint density at radius 1 is 0.900 bits per heavy atom. The molecule has 0 saturated carbocycles. The van der Waals surface area contributed by atoms with Crippen LogP contribution in [0.4, 0.5) is 0 Å². The Balaban J connectivity index is 1.79. The minimum Gasteiger partial charge on any atom is -0.326 e. The number of thioether (sulfide) groups is 1. The van der Waals surface area contributed by atoms with Crippen LogP contribution >= 0.6 is 11.8 Å². The van der Waals surface area contributed by atoms with E-state index in [0.717, 1.165) is 27.2 Å². The van der Waals surface area contributed by atoms with Gasteiger partial charge in [-0.2, -0.15) is 0 Å². The van der Waals surface area contributed by atoms with E-state index in [1.54, 1.807) is 18.1 Å². The molecule has 1 heterocycles. The molecule has 2 N–H and O–H groups in total. The van der Waals surface area contributed by atoms with E-state index >= 15 is 0 Å². The lowest BCUT2D eigenvalue weighted by Gasteiger charge is -2.05. The lowest BCUT2D eigenvalue weighted by molar-refractivity contribution is 1.07. The summed E-state index contributed by atoms with van der Waals surface area (Å²) in [6.07, 6.45) is 1.63. The molecule has 0 unspecified atom stereocenters. The zero-order valence-corrected chi connectivity index (χ0v) is 11.8. The molecule has 0 fully saturated rings. The van der Waals surface area contributed by atoms with Crippen LogP contribution in [-0.2, 0) is 12.3 Å². The van der Waals surface area contributed by atoms with Gasteiger partial charge in [-0.15, -0.1) is 11.8 Å². The van der Waals surface area contributed by atoms with Crippen LogP contribution < -0.4 is 5.73 Å². The van der Waals surface area contributed by atoms with E-state index in [1.807, 2.05) is 18.2 Å². The number of nitrogens with zero attached hydrogens (tertiary/aromatic N) is 2. The first-order valence-electron chi connectivity index (χ1n) is 6.47. The van der Waals surface area contributed by atoms with Crippen molar-refractivity contribution in [3.8, 4) is 0 Å². The molecule has 1 aromatic heterocycles. The van der Waals surface area contributed by atoms with Crippen LogP contribution in [-0.4, -0.2) is 9.97 Å². The molecule has 0 aliphatic rings. The molecule has 0 spiro atoms. The first-order valence-corrected chi connectivity index (χ1v) is 7.46. The molecule has 2 aromatic carbocycles. The molecule has 0 aliphatic carbocycles. The molecule has 3 rings (SSSR count). The van der Waals surface area contributed by atoms with Crippen molar-refractivity contribution in [3.05, 3.63) is 66.0 Å². The average Bonchev–Trinajstić information content (AvgIpc) is 2.53. The lowest BCUT2D eigenvalue weighted by atomic mass is 10.1. The number of hydrogen-bond acceptors (Lipinski definition) is 4. The van der Waals surface area contributed by atoms with E-state index in [4.69, 9.17) is 5.73 Å². The van der Waals surface area contributed by atoms with Gasteiger partial charge in [-0.3, -0.25) is 0 Å². The Hall–Kier alpha value is -1.91. The SMILES string of the molecule is NCc1ccc(CSc2ncnc3ccccc23)cc1. The van der Waals surface area contributed by atoms with Gasteiger partial charge in [0.15, 0.2) is 0 Å². The van der Waals surface area contributed by atoms with Gasteiger partial charge in [0.2, 0.25) is 0 Å². The Kier molecular flexibility index (Phi) is 3.95. The normalized spacial score (nSPS) is 10.8. The zero-order chi connectivity index (χ0) is 13.8. The zero-order valence-electron chi connectivity index (χ0n) is 11.0. The molecule has 0 amide bonds. The molecular formula is C16H15N3S. The van der Waals surface area contributed by atoms with Gasteiger partial charge < -0.3 is 5.73 Å². The maximum atomic E-state index is 5.60. The smallest absolute Gasteiger partial charge is 0.117 e. The summed E-state index contributed by atoms with van der Waals surface area (Å²) in [6.45, 7) is 0.587. The molecule has 0 radical (unpaired) electrons. The molecule has 20 heavy (non-hydrogen) atoms. The van der Waals surface area contributed by atoms with Crippen LogP contribution in [0.25, 0.3) is 10.9 Å². The number of nitrogens with two attached hydrogens (primary N) is 1. The fourth-order valence-electron chi connectivity index (χ4n) is 2.02. The van der Waals surface area contributed by atoms with Gasteiger partial charge in [-0.05, 0) is 17.2 Å². The van der Waals surface area contributed by atoms with Gasteiger partial charge >= 0.3 is 0 Å². The standard InChI is InChI=1S/C16H15N3S/c17-9-12-5-7-13(8-6-12)10-20-16-14-3-1-2-4-15(14)18-11-19-16/h1-8,11H,9-10,17H2. The van der Waals surface area contributed by atoms with Crippen molar-refractivity contribution in [1.82, 2.24) is 9.97 Å². The van der Waals surface area contributed by atoms with E-state index < -0.39 is 0 Å². The van der Waals surface area contributed by atoms with E-state index in [9.17, 15) is 0 Å². The Bertz CT molecular complexity index is 705. The quantitative estimate of drug-likeness (QED) is 0.588. The van der Waals surface area contributed by atoms with Gasteiger partial charge in [-0.25, -0.2) is 9.97 Å². The minimum absolute atomic E-state index is 0.587. The van der Waals surface area contributed by atoms with Crippen LogP contribution in [0.15, 0.2) is 59.9 Å². The minimum atomic E-state index is 0.587. The molecule has 0 aliphatic heterocycles.